The van der Waals surface area contributed by atoms with Crippen LogP contribution in [-0.2, 0) is 4.79 Å². The first kappa shape index (κ1) is 19.6. The number of fused-ring (bicyclic) bond motifs is 1. The molecule has 4 heteroatoms. The van der Waals surface area contributed by atoms with E-state index in [1.807, 2.05) is 60.7 Å². The molecule has 0 aliphatic rings. The fourth-order valence-corrected chi connectivity index (χ4v) is 3.23. The van der Waals surface area contributed by atoms with Crippen molar-refractivity contribution in [2.24, 2.45) is 0 Å². The van der Waals surface area contributed by atoms with E-state index in [4.69, 9.17) is 4.42 Å². The molecule has 4 aromatic rings. The highest BCUT2D eigenvalue weighted by Gasteiger charge is 2.11. The highest BCUT2D eigenvalue weighted by molar-refractivity contribution is 6.02. The summed E-state index contributed by atoms with van der Waals surface area (Å²) in [4.78, 5) is 16.8. The van der Waals surface area contributed by atoms with Gasteiger partial charge in [-0.05, 0) is 65.9 Å². The molecule has 1 atom stereocenters. The molecule has 3 aromatic carbocycles. The molecule has 0 radical (unpaired) electrons. The van der Waals surface area contributed by atoms with Gasteiger partial charge in [0.2, 0.25) is 11.8 Å². The summed E-state index contributed by atoms with van der Waals surface area (Å²) in [5, 5.41) is 2.87. The lowest BCUT2D eigenvalue weighted by molar-refractivity contribution is -0.111. The van der Waals surface area contributed by atoms with Gasteiger partial charge >= 0.3 is 0 Å². The molecule has 0 aliphatic carbocycles. The Balaban J connectivity index is 1.46. The number of hydrogen-bond acceptors (Lipinski definition) is 3. The number of benzene rings is 3. The number of amides is 1. The van der Waals surface area contributed by atoms with Crippen LogP contribution >= 0.6 is 0 Å². The minimum absolute atomic E-state index is 0.175. The van der Waals surface area contributed by atoms with E-state index in [1.54, 1.807) is 6.08 Å². The van der Waals surface area contributed by atoms with E-state index in [9.17, 15) is 4.79 Å². The summed E-state index contributed by atoms with van der Waals surface area (Å²) in [6.07, 6.45) is 4.40. The normalized spacial score (nSPS) is 12.3. The zero-order chi connectivity index (χ0) is 20.9. The van der Waals surface area contributed by atoms with Crippen LogP contribution in [0.2, 0.25) is 0 Å². The lowest BCUT2D eigenvalue weighted by Crippen LogP contribution is -2.07. The number of rotatable bonds is 6. The fraction of sp³-hybridized carbons (Fsp3) is 0.154. The number of anilines is 1. The molecule has 1 aromatic heterocycles. The molecular weight excluding hydrogens is 372 g/mol. The van der Waals surface area contributed by atoms with Crippen molar-refractivity contribution in [3.8, 4) is 11.5 Å². The van der Waals surface area contributed by atoms with Gasteiger partial charge in [-0.15, -0.1) is 0 Å². The molecule has 0 aliphatic heterocycles. The highest BCUT2D eigenvalue weighted by Crippen LogP contribution is 2.28. The smallest absolute Gasteiger partial charge is 0.248 e. The minimum Gasteiger partial charge on any atom is -0.436 e. The number of oxazole rings is 1. The summed E-state index contributed by atoms with van der Waals surface area (Å²) in [7, 11) is 0. The molecule has 0 spiro atoms. The van der Waals surface area contributed by atoms with Crippen LogP contribution in [0.3, 0.4) is 0 Å². The molecule has 1 heterocycles. The molecular formula is C26H24N2O2. The molecule has 4 nitrogen and oxygen atoms in total. The second-order valence-corrected chi connectivity index (χ2v) is 7.37. The van der Waals surface area contributed by atoms with Crippen molar-refractivity contribution in [2.75, 3.05) is 5.32 Å². The van der Waals surface area contributed by atoms with Gasteiger partial charge in [0.25, 0.3) is 0 Å². The van der Waals surface area contributed by atoms with Crippen LogP contribution in [0.4, 0.5) is 5.69 Å². The first-order valence-electron chi connectivity index (χ1n) is 10.2. The number of carbonyl (C=O) groups is 1. The molecule has 150 valence electrons. The van der Waals surface area contributed by atoms with Gasteiger partial charge in [-0.1, -0.05) is 50.2 Å². The van der Waals surface area contributed by atoms with Crippen molar-refractivity contribution in [3.63, 3.8) is 0 Å². The summed E-state index contributed by atoms with van der Waals surface area (Å²) >= 11 is 0. The Labute approximate surface area is 176 Å². The van der Waals surface area contributed by atoms with E-state index in [0.717, 1.165) is 34.3 Å². The van der Waals surface area contributed by atoms with Crippen LogP contribution in [0.15, 0.2) is 83.3 Å². The third-order valence-electron chi connectivity index (χ3n) is 5.22. The van der Waals surface area contributed by atoms with Gasteiger partial charge in [-0.3, -0.25) is 4.79 Å². The Morgan fingerprint density at radius 1 is 1.07 bits per heavy atom. The van der Waals surface area contributed by atoms with Gasteiger partial charge in [-0.25, -0.2) is 4.98 Å². The minimum atomic E-state index is -0.175. The maximum Gasteiger partial charge on any atom is 0.248 e. The molecule has 1 amide bonds. The summed E-state index contributed by atoms with van der Waals surface area (Å²) in [5.41, 5.74) is 5.49. The van der Waals surface area contributed by atoms with Crippen molar-refractivity contribution < 1.29 is 9.21 Å². The zero-order valence-corrected chi connectivity index (χ0v) is 17.1. The van der Waals surface area contributed by atoms with Gasteiger partial charge in [-0.2, -0.15) is 0 Å². The third-order valence-corrected chi connectivity index (χ3v) is 5.22. The van der Waals surface area contributed by atoms with E-state index in [2.05, 4.69) is 36.3 Å². The summed E-state index contributed by atoms with van der Waals surface area (Å²) in [6, 6.07) is 23.4. The molecule has 0 saturated heterocycles. The quantitative estimate of drug-likeness (QED) is 0.371. The topological polar surface area (TPSA) is 55.1 Å². The van der Waals surface area contributed by atoms with Crippen LogP contribution in [0.5, 0.6) is 0 Å². The molecule has 0 bridgehead atoms. The Hall–Kier alpha value is -3.66. The molecule has 1 unspecified atom stereocenters. The van der Waals surface area contributed by atoms with Crippen molar-refractivity contribution in [1.29, 1.82) is 0 Å². The predicted octanol–water partition coefficient (Wildman–Crippen LogP) is 6.66. The van der Waals surface area contributed by atoms with Gasteiger partial charge in [0.05, 0.1) is 0 Å². The van der Waals surface area contributed by atoms with Crippen molar-refractivity contribution >= 4 is 28.8 Å². The third kappa shape index (κ3) is 4.49. The summed E-state index contributed by atoms with van der Waals surface area (Å²) in [5.74, 6) is 0.896. The Morgan fingerprint density at radius 3 is 2.57 bits per heavy atom. The van der Waals surface area contributed by atoms with Crippen molar-refractivity contribution in [2.45, 2.75) is 26.2 Å². The summed E-state index contributed by atoms with van der Waals surface area (Å²) in [6.45, 7) is 4.39. The summed E-state index contributed by atoms with van der Waals surface area (Å²) < 4.78 is 5.92. The maximum atomic E-state index is 12.1. The van der Waals surface area contributed by atoms with Crippen LogP contribution < -0.4 is 5.32 Å². The second kappa shape index (κ2) is 8.78. The molecule has 1 N–H and O–H groups in total. The number of nitrogens with zero attached hydrogens (tertiary/aromatic N) is 1. The lowest BCUT2D eigenvalue weighted by Gasteiger charge is -2.07. The van der Waals surface area contributed by atoms with E-state index >= 15 is 0 Å². The number of hydrogen-bond donors (Lipinski definition) is 1. The van der Waals surface area contributed by atoms with Crippen molar-refractivity contribution in [1.82, 2.24) is 4.98 Å². The van der Waals surface area contributed by atoms with E-state index < -0.39 is 0 Å². The largest absolute Gasteiger partial charge is 0.436 e. The Morgan fingerprint density at radius 2 is 1.83 bits per heavy atom. The zero-order valence-electron chi connectivity index (χ0n) is 17.1. The SMILES string of the molecule is CCC(C)c1ccc2oc(-c3ccc(NC(=O)/C=C/c4ccccc4)cc3)nc2c1. The van der Waals surface area contributed by atoms with E-state index in [-0.39, 0.29) is 5.91 Å². The Bertz CT molecular complexity index is 1170. The average molecular weight is 396 g/mol. The first-order valence-corrected chi connectivity index (χ1v) is 10.2. The van der Waals surface area contributed by atoms with Crippen molar-refractivity contribution in [3.05, 3.63) is 90.0 Å². The number of nitrogens with one attached hydrogen (secondary N) is 1. The number of aromatic nitrogens is 1. The number of carbonyl (C=O) groups excluding carboxylic acids is 1. The Kier molecular flexibility index (Phi) is 5.75. The maximum absolute atomic E-state index is 12.1. The van der Waals surface area contributed by atoms with Crippen LogP contribution in [0.1, 0.15) is 37.3 Å². The van der Waals surface area contributed by atoms with Gasteiger partial charge in [0.15, 0.2) is 5.58 Å². The molecule has 0 saturated carbocycles. The van der Waals surface area contributed by atoms with E-state index in [1.165, 1.54) is 11.6 Å². The fourth-order valence-electron chi connectivity index (χ4n) is 3.23. The van der Waals surface area contributed by atoms with Gasteiger partial charge in [0, 0.05) is 17.3 Å². The van der Waals surface area contributed by atoms with Gasteiger partial charge < -0.3 is 9.73 Å². The lowest BCUT2D eigenvalue weighted by atomic mass is 9.98. The van der Waals surface area contributed by atoms with Gasteiger partial charge in [0.1, 0.15) is 5.52 Å². The predicted molar refractivity (Wildman–Crippen MR) is 122 cm³/mol. The monoisotopic (exact) mass is 396 g/mol. The average Bonchev–Trinajstić information content (AvgIpc) is 3.22. The molecule has 0 fully saturated rings. The van der Waals surface area contributed by atoms with Crippen LogP contribution in [-0.4, -0.2) is 10.9 Å². The van der Waals surface area contributed by atoms with E-state index in [0.29, 0.717) is 11.8 Å². The first-order chi connectivity index (χ1) is 14.6. The highest BCUT2D eigenvalue weighted by atomic mass is 16.3. The standard InChI is InChI=1S/C26H24N2O2/c1-3-18(2)21-12-15-24-23(17-21)28-26(30-24)20-10-13-22(14-11-20)27-25(29)16-9-19-7-5-4-6-8-19/h4-18H,3H2,1-2H3,(H,27,29)/b16-9+. The van der Waals surface area contributed by atoms with Crippen LogP contribution in [0, 0.1) is 0 Å². The molecule has 30 heavy (non-hydrogen) atoms. The second-order valence-electron chi connectivity index (χ2n) is 7.37. The molecule has 4 rings (SSSR count). The van der Waals surface area contributed by atoms with Crippen LogP contribution in [0.25, 0.3) is 28.6 Å².